The van der Waals surface area contributed by atoms with Crippen LogP contribution in [0.4, 0.5) is 24.5 Å². The molecule has 33 heavy (non-hydrogen) atoms. The summed E-state index contributed by atoms with van der Waals surface area (Å²) in [7, 11) is -2.56. The molecular weight excluding hydrogens is 463 g/mol. The number of carbonyl (C=O) groups is 1. The van der Waals surface area contributed by atoms with Crippen LogP contribution in [0.25, 0.3) is 0 Å². The van der Waals surface area contributed by atoms with E-state index in [2.05, 4.69) is 9.71 Å². The van der Waals surface area contributed by atoms with Crippen molar-refractivity contribution in [3.05, 3.63) is 66.4 Å². The number of nitrogens with zero attached hydrogens (tertiary/aromatic N) is 1. The van der Waals surface area contributed by atoms with Gasteiger partial charge in [-0.1, -0.05) is 6.07 Å². The third kappa shape index (κ3) is 6.13. The smallest absolute Gasteiger partial charge is 0.471 e. The number of sulfonamides is 1. The number of hydrogen-bond acceptors (Lipinski definition) is 6. The quantitative estimate of drug-likeness (QED) is 0.515. The Labute approximate surface area is 187 Å². The minimum Gasteiger partial charge on any atom is -0.493 e. The van der Waals surface area contributed by atoms with Crippen molar-refractivity contribution in [2.24, 2.45) is 0 Å². The molecule has 0 aliphatic rings. The largest absolute Gasteiger partial charge is 0.493 e. The number of aromatic nitrogens is 1. The minimum atomic E-state index is -5.06. The molecule has 8 nitrogen and oxygen atoms in total. The Morgan fingerprint density at radius 1 is 0.970 bits per heavy atom. The average molecular weight is 481 g/mol. The normalized spacial score (nSPS) is 11.5. The van der Waals surface area contributed by atoms with Crippen molar-refractivity contribution in [2.45, 2.75) is 18.0 Å². The van der Waals surface area contributed by atoms with Crippen LogP contribution in [0, 0.1) is 6.92 Å². The van der Waals surface area contributed by atoms with Gasteiger partial charge in [0.1, 0.15) is 0 Å². The Bertz CT molecular complexity index is 1250. The predicted molar refractivity (Wildman–Crippen MR) is 114 cm³/mol. The number of benzene rings is 2. The highest BCUT2D eigenvalue weighted by Crippen LogP contribution is 2.31. The molecule has 1 aromatic heterocycles. The number of ether oxygens (including phenoxy) is 2. The van der Waals surface area contributed by atoms with Crippen molar-refractivity contribution in [1.29, 1.82) is 0 Å². The standard InChI is InChI=1S/C21H18F3N3O5S/c1-13-3-9-17(18(11-13)31-2)32-19-10-6-15(12-25-19)27-33(29,30)16-7-4-14(5-8-16)26-20(28)21(22,23)24/h3-12,27H,1-2H3,(H,26,28). The maximum Gasteiger partial charge on any atom is 0.471 e. The molecule has 0 radical (unpaired) electrons. The summed E-state index contributed by atoms with van der Waals surface area (Å²) < 4.78 is 75.2. The first kappa shape index (κ1) is 23.9. The molecule has 0 atom stereocenters. The van der Waals surface area contributed by atoms with Crippen LogP contribution in [0.5, 0.6) is 17.4 Å². The van der Waals surface area contributed by atoms with Crippen LogP contribution in [0.15, 0.2) is 65.7 Å². The van der Waals surface area contributed by atoms with E-state index in [0.717, 1.165) is 29.8 Å². The molecule has 2 aromatic carbocycles. The van der Waals surface area contributed by atoms with E-state index in [0.29, 0.717) is 11.5 Å². The Kier molecular flexibility index (Phi) is 6.77. The third-order valence-corrected chi connectivity index (χ3v) is 5.60. The summed E-state index contributed by atoms with van der Waals surface area (Å²) in [5.74, 6) is -1.02. The molecule has 0 aliphatic heterocycles. The van der Waals surface area contributed by atoms with Crippen LogP contribution in [0.2, 0.25) is 0 Å². The van der Waals surface area contributed by atoms with E-state index in [4.69, 9.17) is 9.47 Å². The zero-order valence-corrected chi connectivity index (χ0v) is 18.1. The fourth-order valence-corrected chi connectivity index (χ4v) is 3.65. The number of pyridine rings is 1. The molecule has 0 fully saturated rings. The molecule has 12 heteroatoms. The second kappa shape index (κ2) is 9.36. The molecule has 0 unspecified atom stereocenters. The highest BCUT2D eigenvalue weighted by atomic mass is 32.2. The van der Waals surface area contributed by atoms with Crippen LogP contribution in [-0.2, 0) is 14.8 Å². The van der Waals surface area contributed by atoms with Crippen LogP contribution >= 0.6 is 0 Å². The lowest BCUT2D eigenvalue weighted by molar-refractivity contribution is -0.167. The molecule has 0 bridgehead atoms. The first-order chi connectivity index (χ1) is 15.5. The van der Waals surface area contributed by atoms with Crippen LogP contribution in [0.3, 0.4) is 0 Å². The molecule has 1 heterocycles. The van der Waals surface area contributed by atoms with Gasteiger partial charge in [-0.2, -0.15) is 13.2 Å². The first-order valence-electron chi connectivity index (χ1n) is 9.27. The predicted octanol–water partition coefficient (Wildman–Crippen LogP) is 4.49. The van der Waals surface area contributed by atoms with Gasteiger partial charge in [0, 0.05) is 11.8 Å². The van der Waals surface area contributed by atoms with Gasteiger partial charge in [-0.25, -0.2) is 13.4 Å². The summed E-state index contributed by atoms with van der Waals surface area (Å²) in [5, 5.41) is 1.64. The monoisotopic (exact) mass is 481 g/mol. The topological polar surface area (TPSA) is 107 Å². The van der Waals surface area contributed by atoms with Crippen LogP contribution in [0.1, 0.15) is 5.56 Å². The molecule has 0 saturated heterocycles. The number of amides is 1. The van der Waals surface area contributed by atoms with E-state index in [1.807, 2.05) is 13.0 Å². The van der Waals surface area contributed by atoms with Gasteiger partial charge in [-0.15, -0.1) is 0 Å². The van der Waals surface area contributed by atoms with E-state index in [9.17, 15) is 26.4 Å². The SMILES string of the molecule is COc1cc(C)ccc1Oc1ccc(NS(=O)(=O)c2ccc(NC(=O)C(F)(F)F)cc2)cn1. The molecule has 1 amide bonds. The van der Waals surface area contributed by atoms with Gasteiger partial charge in [0.2, 0.25) is 5.88 Å². The summed E-state index contributed by atoms with van der Waals surface area (Å²) in [5.41, 5.74) is 0.909. The lowest BCUT2D eigenvalue weighted by atomic mass is 10.2. The fourth-order valence-electron chi connectivity index (χ4n) is 2.61. The van der Waals surface area contributed by atoms with Gasteiger partial charge >= 0.3 is 12.1 Å². The second-order valence-electron chi connectivity index (χ2n) is 6.72. The molecule has 0 saturated carbocycles. The molecule has 3 rings (SSSR count). The van der Waals surface area contributed by atoms with Gasteiger partial charge < -0.3 is 14.8 Å². The van der Waals surface area contributed by atoms with Crippen LogP contribution in [-0.4, -0.2) is 32.6 Å². The van der Waals surface area contributed by atoms with Gasteiger partial charge in [0.25, 0.3) is 10.0 Å². The Morgan fingerprint density at radius 2 is 1.64 bits per heavy atom. The number of alkyl halides is 3. The summed E-state index contributed by atoms with van der Waals surface area (Å²) in [6.45, 7) is 1.90. The molecule has 3 aromatic rings. The number of carbonyl (C=O) groups excluding carboxylic acids is 1. The van der Waals surface area contributed by atoms with Crippen molar-refractivity contribution in [3.63, 3.8) is 0 Å². The third-order valence-electron chi connectivity index (χ3n) is 4.20. The van der Waals surface area contributed by atoms with Crippen LogP contribution < -0.4 is 19.5 Å². The van der Waals surface area contributed by atoms with Crippen molar-refractivity contribution in [1.82, 2.24) is 4.98 Å². The zero-order valence-electron chi connectivity index (χ0n) is 17.3. The number of methoxy groups -OCH3 is 1. The Morgan fingerprint density at radius 3 is 2.21 bits per heavy atom. The highest BCUT2D eigenvalue weighted by molar-refractivity contribution is 7.92. The van der Waals surface area contributed by atoms with Crippen molar-refractivity contribution < 1.29 is 35.9 Å². The maximum atomic E-state index is 12.5. The lowest BCUT2D eigenvalue weighted by Gasteiger charge is -2.12. The fraction of sp³-hybridized carbons (Fsp3) is 0.143. The van der Waals surface area contributed by atoms with E-state index >= 15 is 0 Å². The molecule has 174 valence electrons. The summed E-state index contributed by atoms with van der Waals surface area (Å²) in [6.07, 6.45) is -3.81. The van der Waals surface area contributed by atoms with E-state index in [-0.39, 0.29) is 22.2 Å². The number of rotatable bonds is 7. The Balaban J connectivity index is 1.68. The highest BCUT2D eigenvalue weighted by Gasteiger charge is 2.38. The van der Waals surface area contributed by atoms with Crippen molar-refractivity contribution in [3.8, 4) is 17.4 Å². The molecule has 0 aliphatic carbocycles. The van der Waals surface area contributed by atoms with Gasteiger partial charge in [-0.3, -0.25) is 9.52 Å². The number of nitrogens with one attached hydrogen (secondary N) is 2. The molecule has 0 spiro atoms. The number of aryl methyl sites for hydroxylation is 1. The zero-order chi connectivity index (χ0) is 24.2. The summed E-state index contributed by atoms with van der Waals surface area (Å²) in [6, 6.07) is 12.4. The van der Waals surface area contributed by atoms with Gasteiger partial charge in [0.15, 0.2) is 11.5 Å². The number of anilines is 2. The minimum absolute atomic E-state index is 0.132. The Hall–Kier alpha value is -3.80. The molecule has 2 N–H and O–H groups in total. The first-order valence-corrected chi connectivity index (χ1v) is 10.8. The second-order valence-corrected chi connectivity index (χ2v) is 8.41. The van der Waals surface area contributed by atoms with Crippen molar-refractivity contribution in [2.75, 3.05) is 17.1 Å². The van der Waals surface area contributed by atoms with Crippen molar-refractivity contribution >= 4 is 27.3 Å². The van der Waals surface area contributed by atoms with Gasteiger partial charge in [0.05, 0.1) is 23.9 Å². The van der Waals surface area contributed by atoms with E-state index in [1.165, 1.54) is 25.4 Å². The number of halogens is 3. The summed E-state index contributed by atoms with van der Waals surface area (Å²) in [4.78, 5) is 14.8. The van der Waals surface area contributed by atoms with E-state index < -0.39 is 22.1 Å². The average Bonchev–Trinajstić information content (AvgIpc) is 2.76. The maximum absolute atomic E-state index is 12.5. The van der Waals surface area contributed by atoms with E-state index in [1.54, 1.807) is 17.4 Å². The lowest BCUT2D eigenvalue weighted by Crippen LogP contribution is -2.29. The van der Waals surface area contributed by atoms with Gasteiger partial charge in [-0.05, 0) is 55.0 Å². The summed E-state index contributed by atoms with van der Waals surface area (Å²) >= 11 is 0. The number of hydrogen-bond donors (Lipinski definition) is 2. The molecular formula is C21H18F3N3O5S.